The number of benzene rings is 2. The topological polar surface area (TPSA) is 313 Å². The quantitative estimate of drug-likeness (QED) is 0.0273. The first-order valence-corrected chi connectivity index (χ1v) is 26.2. The van der Waals surface area contributed by atoms with Crippen molar-refractivity contribution >= 4 is 88.5 Å². The van der Waals surface area contributed by atoms with Gasteiger partial charge in [0.05, 0.1) is 6.04 Å². The second-order valence-corrected chi connectivity index (χ2v) is 21.5. The summed E-state index contributed by atoms with van der Waals surface area (Å²) < 4.78 is 4.87. The monoisotopic (exact) mass is 1070 g/mol. The van der Waals surface area contributed by atoms with E-state index in [9.17, 15) is 57.5 Å². The van der Waals surface area contributed by atoms with Crippen LogP contribution in [0.4, 0.5) is 15.3 Å². The van der Waals surface area contributed by atoms with E-state index in [4.69, 9.17) is 10.5 Å². The lowest BCUT2D eigenvalue weighted by molar-refractivity contribution is -0.165. The van der Waals surface area contributed by atoms with Gasteiger partial charge in [0.1, 0.15) is 30.1 Å². The van der Waals surface area contributed by atoms with Crippen LogP contribution in [0, 0.1) is 11.8 Å². The Balaban J connectivity index is 1.01. The van der Waals surface area contributed by atoms with Crippen molar-refractivity contribution in [2.75, 3.05) is 38.0 Å². The standard InChI is InChI=1S/C52H66N10O13S/c1-6-59-26-27-61(47(71)46(59)70)51(74)58-40(32-14-9-7-10-15-32)44(68)57-41-45(69)62-42(52(4,5)76-48(41)62)49(72)75-29-31-18-20-34(21-19-31)55-43(67)33(16-13-24-54-50(53)73)28-35(63)39(30(2)3)56-36(64)17-11-8-12-25-60-37(65)22-23-38(60)66/h7,9-10,14-15,18-23,30,33,39-42,48H,6,8,11-13,16-17,24-29H2,1-5H3,(H,55,67)(H,56,64)(H,57,68)(H,58,74)(H3,53,54,73)/t33-,39+,40-,41-,42+,48-/m1/s1. The van der Waals surface area contributed by atoms with E-state index in [1.54, 1.807) is 89.2 Å². The number of piperazine rings is 1. The minimum Gasteiger partial charge on any atom is -0.459 e. The van der Waals surface area contributed by atoms with Gasteiger partial charge in [-0.1, -0.05) is 62.7 Å². The molecule has 0 unspecified atom stereocenters. The first-order chi connectivity index (χ1) is 36.1. The van der Waals surface area contributed by atoms with E-state index < -0.39 is 87.8 Å². The van der Waals surface area contributed by atoms with Gasteiger partial charge in [0, 0.05) is 74.1 Å². The molecule has 24 heteroatoms. The summed E-state index contributed by atoms with van der Waals surface area (Å²) in [5, 5.41) is 12.7. The van der Waals surface area contributed by atoms with E-state index in [0.29, 0.717) is 42.5 Å². The number of urea groups is 2. The third-order valence-corrected chi connectivity index (χ3v) is 15.1. The van der Waals surface area contributed by atoms with Gasteiger partial charge < -0.3 is 46.9 Å². The van der Waals surface area contributed by atoms with Crippen LogP contribution in [0.15, 0.2) is 66.7 Å². The molecule has 408 valence electrons. The average molecular weight is 1070 g/mol. The zero-order valence-corrected chi connectivity index (χ0v) is 44.0. The molecule has 23 nitrogen and oxygen atoms in total. The van der Waals surface area contributed by atoms with Gasteiger partial charge in [0.25, 0.3) is 11.8 Å². The minimum absolute atomic E-state index is 0.0733. The van der Waals surface area contributed by atoms with Crippen molar-refractivity contribution in [2.24, 2.45) is 17.6 Å². The smallest absolute Gasteiger partial charge is 0.330 e. The summed E-state index contributed by atoms with van der Waals surface area (Å²) >= 11 is 1.29. The van der Waals surface area contributed by atoms with Crippen LogP contribution < -0.4 is 32.3 Å². The maximum Gasteiger partial charge on any atom is 0.330 e. The molecule has 3 saturated heterocycles. The number of likely N-dealkylation sites (N-methyl/N-ethyl adjacent to an activating group) is 1. The molecule has 4 aliphatic rings. The maximum absolute atomic E-state index is 13.9. The second kappa shape index (κ2) is 25.7. The highest BCUT2D eigenvalue weighted by atomic mass is 32.2. The lowest BCUT2D eigenvalue weighted by atomic mass is 9.89. The fourth-order valence-electron chi connectivity index (χ4n) is 9.35. The van der Waals surface area contributed by atoms with Crippen LogP contribution in [0.1, 0.15) is 96.7 Å². The summed E-state index contributed by atoms with van der Waals surface area (Å²) in [4.78, 5) is 160. The van der Waals surface area contributed by atoms with E-state index in [2.05, 4.69) is 26.6 Å². The van der Waals surface area contributed by atoms with Crippen LogP contribution in [0.2, 0.25) is 0 Å². The van der Waals surface area contributed by atoms with E-state index in [1.165, 1.54) is 33.7 Å². The SMILES string of the molecule is CCN1CCN(C(=O)N[C@@H](C(=O)N[C@@H]2C(=O)N3[C@@H]2SC(C)(C)[C@@H]3C(=O)OCc2ccc(NC(=O)[C@H](CCCNC(N)=O)CC(=O)[C@@H](NC(=O)CCCCCN3C(=O)C=CC3=O)C(C)C)cc2)c2ccccc2)C(=O)C1=O. The van der Waals surface area contributed by atoms with Crippen molar-refractivity contribution in [1.29, 1.82) is 0 Å². The fraction of sp³-hybridized carbons (Fsp3) is 0.500. The molecule has 4 aliphatic heterocycles. The summed E-state index contributed by atoms with van der Waals surface area (Å²) in [6.45, 7) is 9.38. The van der Waals surface area contributed by atoms with Crippen molar-refractivity contribution in [3.63, 3.8) is 0 Å². The number of hydrogen-bond acceptors (Lipinski definition) is 14. The molecule has 0 aromatic heterocycles. The minimum atomic E-state index is -1.35. The number of thioether (sulfide) groups is 1. The number of rotatable bonds is 25. The molecule has 7 N–H and O–H groups in total. The van der Waals surface area contributed by atoms with Gasteiger partial charge >= 0.3 is 29.8 Å². The normalized spacial score (nSPS) is 19.9. The Morgan fingerprint density at radius 1 is 0.829 bits per heavy atom. The third-order valence-electron chi connectivity index (χ3n) is 13.5. The molecule has 6 rings (SSSR count). The number of carbonyl (C=O) groups excluding carboxylic acids is 12. The molecule has 0 bridgehead atoms. The highest BCUT2D eigenvalue weighted by Crippen LogP contribution is 2.51. The van der Waals surface area contributed by atoms with Gasteiger partial charge in [-0.25, -0.2) is 14.4 Å². The van der Waals surface area contributed by atoms with E-state index in [1.807, 2.05) is 0 Å². The number of hydrogen-bond donors (Lipinski definition) is 6. The lowest BCUT2D eigenvalue weighted by Gasteiger charge is -2.44. The lowest BCUT2D eigenvalue weighted by Crippen LogP contribution is -2.71. The fourth-order valence-corrected chi connectivity index (χ4v) is 11.0. The number of ketones is 1. The zero-order valence-electron chi connectivity index (χ0n) is 43.2. The molecule has 2 aromatic carbocycles. The van der Waals surface area contributed by atoms with E-state index in [-0.39, 0.29) is 88.0 Å². The Hall–Kier alpha value is -7.63. The number of amides is 12. The summed E-state index contributed by atoms with van der Waals surface area (Å²) in [5.74, 6) is -6.93. The summed E-state index contributed by atoms with van der Waals surface area (Å²) in [6, 6.07) is 8.62. The number of β-lactam (4-membered cyclic amide) rings is 1. The summed E-state index contributed by atoms with van der Waals surface area (Å²) in [7, 11) is 0. The number of fused-ring (bicyclic) bond motifs is 1. The second-order valence-electron chi connectivity index (χ2n) is 19.7. The van der Waals surface area contributed by atoms with Crippen LogP contribution in [0.5, 0.6) is 0 Å². The predicted octanol–water partition coefficient (Wildman–Crippen LogP) is 2.01. The van der Waals surface area contributed by atoms with Gasteiger partial charge in [0.2, 0.25) is 23.6 Å². The Kier molecular flexibility index (Phi) is 19.5. The number of carbonyl (C=O) groups is 12. The number of anilines is 1. The molecular weight excluding hydrogens is 1000 g/mol. The number of imide groups is 2. The molecule has 0 saturated carbocycles. The molecule has 0 aliphatic carbocycles. The zero-order chi connectivity index (χ0) is 55.4. The van der Waals surface area contributed by atoms with Crippen molar-refractivity contribution in [3.05, 3.63) is 77.9 Å². The predicted molar refractivity (Wildman–Crippen MR) is 276 cm³/mol. The van der Waals surface area contributed by atoms with Crippen molar-refractivity contribution in [2.45, 2.75) is 120 Å². The molecular formula is C52H66N10O13S. The summed E-state index contributed by atoms with van der Waals surface area (Å²) in [5.41, 5.74) is 6.50. The van der Waals surface area contributed by atoms with Crippen LogP contribution >= 0.6 is 11.8 Å². The van der Waals surface area contributed by atoms with Gasteiger partial charge in [-0.2, -0.15) is 0 Å². The number of nitrogens with one attached hydrogen (secondary N) is 5. The Morgan fingerprint density at radius 2 is 1.51 bits per heavy atom. The number of primary amides is 1. The molecule has 0 spiro atoms. The first kappa shape index (κ1) is 57.6. The molecule has 4 heterocycles. The number of unbranched alkanes of at least 4 members (excludes halogenated alkanes) is 2. The Labute approximate surface area is 444 Å². The van der Waals surface area contributed by atoms with Crippen LogP contribution in [0.25, 0.3) is 0 Å². The van der Waals surface area contributed by atoms with Gasteiger partial charge in [-0.3, -0.25) is 53.0 Å². The highest BCUT2D eigenvalue weighted by Gasteiger charge is 2.64. The maximum atomic E-state index is 13.9. The number of esters is 1. The van der Waals surface area contributed by atoms with Crippen molar-refractivity contribution in [3.8, 4) is 0 Å². The highest BCUT2D eigenvalue weighted by molar-refractivity contribution is 8.01. The summed E-state index contributed by atoms with van der Waals surface area (Å²) in [6.07, 6.45) is 4.40. The van der Waals surface area contributed by atoms with E-state index in [0.717, 1.165) is 9.80 Å². The van der Waals surface area contributed by atoms with Gasteiger partial charge in [-0.15, -0.1) is 11.8 Å². The Bertz CT molecular complexity index is 2590. The molecule has 12 amide bonds. The number of nitrogens with zero attached hydrogens (tertiary/aromatic N) is 4. The molecule has 0 radical (unpaired) electrons. The third kappa shape index (κ3) is 14.2. The molecule has 6 atom stereocenters. The molecule has 76 heavy (non-hydrogen) atoms. The number of Topliss-reactive ketones (excluding diaryl/α,β-unsaturated/α-hetero) is 1. The van der Waals surface area contributed by atoms with Crippen LogP contribution in [0.3, 0.4) is 0 Å². The molecule has 3 fully saturated rings. The van der Waals surface area contributed by atoms with Crippen LogP contribution in [-0.4, -0.2) is 152 Å². The number of nitrogens with two attached hydrogens (primary N) is 1. The Morgan fingerprint density at radius 3 is 2.16 bits per heavy atom. The van der Waals surface area contributed by atoms with Gasteiger partial charge in [-0.05, 0) is 75.6 Å². The van der Waals surface area contributed by atoms with Crippen molar-refractivity contribution < 1.29 is 62.3 Å². The molecule has 2 aromatic rings. The largest absolute Gasteiger partial charge is 0.459 e. The van der Waals surface area contributed by atoms with E-state index >= 15 is 0 Å². The average Bonchev–Trinajstić information content (AvgIpc) is 3.87. The van der Waals surface area contributed by atoms with Crippen LogP contribution in [-0.2, 0) is 59.3 Å². The first-order valence-electron chi connectivity index (χ1n) is 25.3. The van der Waals surface area contributed by atoms with Gasteiger partial charge in [0.15, 0.2) is 5.78 Å². The van der Waals surface area contributed by atoms with Crippen molar-refractivity contribution in [1.82, 2.24) is 40.9 Å². The number of ether oxygens (including phenoxy) is 1.